The highest BCUT2D eigenvalue weighted by atomic mass is 32.1. The van der Waals surface area contributed by atoms with E-state index in [9.17, 15) is 9.59 Å². The van der Waals surface area contributed by atoms with Crippen molar-refractivity contribution < 1.29 is 14.3 Å². The third-order valence-corrected chi connectivity index (χ3v) is 4.51. The second-order valence-electron chi connectivity index (χ2n) is 4.49. The Hall–Kier alpha value is -2.15. The summed E-state index contributed by atoms with van der Waals surface area (Å²) in [6.45, 7) is 0. The second kappa shape index (κ2) is 5.09. The van der Waals surface area contributed by atoms with Crippen LogP contribution in [0.2, 0.25) is 0 Å². The summed E-state index contributed by atoms with van der Waals surface area (Å²) < 4.78 is 4.83. The fraction of sp³-hybridized carbons (Fsp3) is 0.308. The van der Waals surface area contributed by atoms with Crippen LogP contribution in [0.1, 0.15) is 37.6 Å². The molecule has 0 atom stereocenters. The minimum atomic E-state index is -0.396. The first-order valence-corrected chi connectivity index (χ1v) is 7.05. The molecule has 2 heterocycles. The van der Waals surface area contributed by atoms with Gasteiger partial charge in [-0.25, -0.2) is 4.79 Å². The second-order valence-corrected chi connectivity index (χ2v) is 5.60. The van der Waals surface area contributed by atoms with Gasteiger partial charge in [-0.1, -0.05) is 0 Å². The third kappa shape index (κ3) is 2.09. The Morgan fingerprint density at radius 1 is 1.45 bits per heavy atom. The summed E-state index contributed by atoms with van der Waals surface area (Å²) in [5, 5.41) is 9.66. The molecule has 0 unspecified atom stereocenters. The highest BCUT2D eigenvalue weighted by Crippen LogP contribution is 2.39. The Bertz CT molecular complexity index is 661. The molecule has 0 fully saturated rings. The predicted octanol–water partition coefficient (Wildman–Crippen LogP) is 2.00. The molecule has 0 spiro atoms. The van der Waals surface area contributed by atoms with E-state index in [0.717, 1.165) is 29.7 Å². The molecule has 0 saturated carbocycles. The van der Waals surface area contributed by atoms with E-state index in [0.29, 0.717) is 16.1 Å². The van der Waals surface area contributed by atoms with Crippen molar-refractivity contribution in [3.8, 4) is 0 Å². The van der Waals surface area contributed by atoms with Crippen LogP contribution in [0.5, 0.6) is 0 Å². The topological polar surface area (TPSA) is 84.1 Å². The van der Waals surface area contributed by atoms with Gasteiger partial charge in [0.1, 0.15) is 5.00 Å². The number of nitrogens with zero attached hydrogens (tertiary/aromatic N) is 1. The number of thiophene rings is 1. The Morgan fingerprint density at radius 2 is 2.30 bits per heavy atom. The van der Waals surface area contributed by atoms with Crippen LogP contribution >= 0.6 is 11.3 Å². The molecule has 2 N–H and O–H groups in total. The van der Waals surface area contributed by atoms with Gasteiger partial charge < -0.3 is 10.1 Å². The minimum absolute atomic E-state index is 0.288. The molecule has 1 aliphatic carbocycles. The number of ether oxygens (including phenoxy) is 1. The maximum Gasteiger partial charge on any atom is 0.341 e. The van der Waals surface area contributed by atoms with E-state index in [2.05, 4.69) is 15.5 Å². The van der Waals surface area contributed by atoms with Crippen molar-refractivity contribution in [2.45, 2.75) is 19.3 Å². The fourth-order valence-corrected chi connectivity index (χ4v) is 3.63. The van der Waals surface area contributed by atoms with Crippen molar-refractivity contribution in [1.82, 2.24) is 10.2 Å². The summed E-state index contributed by atoms with van der Waals surface area (Å²) in [5.74, 6) is -0.685. The van der Waals surface area contributed by atoms with E-state index in [4.69, 9.17) is 4.74 Å². The van der Waals surface area contributed by atoms with E-state index >= 15 is 0 Å². The average molecular weight is 291 g/mol. The lowest BCUT2D eigenvalue weighted by atomic mass is 10.1. The number of aromatic amines is 1. The summed E-state index contributed by atoms with van der Waals surface area (Å²) in [5.41, 5.74) is 1.94. The molecule has 0 radical (unpaired) electrons. The lowest BCUT2D eigenvalue weighted by molar-refractivity contribution is 0.0601. The largest absolute Gasteiger partial charge is 0.465 e. The summed E-state index contributed by atoms with van der Waals surface area (Å²) >= 11 is 1.45. The lowest BCUT2D eigenvalue weighted by Crippen LogP contribution is -2.14. The van der Waals surface area contributed by atoms with Crippen LogP contribution in [0.15, 0.2) is 12.4 Å². The van der Waals surface area contributed by atoms with Gasteiger partial charge in [-0.05, 0) is 24.8 Å². The zero-order chi connectivity index (χ0) is 14.1. The van der Waals surface area contributed by atoms with Crippen LogP contribution < -0.4 is 5.32 Å². The first kappa shape index (κ1) is 12.9. The maximum absolute atomic E-state index is 12.0. The quantitative estimate of drug-likeness (QED) is 0.847. The molecule has 2 aromatic heterocycles. The molecule has 0 aromatic carbocycles. The smallest absolute Gasteiger partial charge is 0.341 e. The summed E-state index contributed by atoms with van der Waals surface area (Å²) in [7, 11) is 1.35. The molecule has 1 aliphatic rings. The first-order valence-electron chi connectivity index (χ1n) is 6.23. The number of methoxy groups -OCH3 is 1. The van der Waals surface area contributed by atoms with Crippen molar-refractivity contribution in [3.05, 3.63) is 34.0 Å². The fourth-order valence-electron chi connectivity index (χ4n) is 2.36. The Kier molecular flexibility index (Phi) is 3.27. The van der Waals surface area contributed by atoms with Gasteiger partial charge in [-0.15, -0.1) is 11.3 Å². The van der Waals surface area contributed by atoms with Crippen LogP contribution in [0.25, 0.3) is 0 Å². The molecular weight excluding hydrogens is 278 g/mol. The van der Waals surface area contributed by atoms with Gasteiger partial charge in [-0.2, -0.15) is 5.10 Å². The number of carbonyl (C=O) groups excluding carboxylic acids is 2. The molecule has 7 heteroatoms. The highest BCUT2D eigenvalue weighted by Gasteiger charge is 2.28. The predicted molar refractivity (Wildman–Crippen MR) is 74.2 cm³/mol. The summed E-state index contributed by atoms with van der Waals surface area (Å²) in [6.07, 6.45) is 5.80. The number of amides is 1. The highest BCUT2D eigenvalue weighted by molar-refractivity contribution is 7.17. The number of carbonyl (C=O) groups is 2. The van der Waals surface area contributed by atoms with Crippen molar-refractivity contribution in [3.63, 3.8) is 0 Å². The average Bonchev–Trinajstić information content (AvgIpc) is 3.13. The van der Waals surface area contributed by atoms with Crippen molar-refractivity contribution in [2.24, 2.45) is 0 Å². The number of hydrogen-bond acceptors (Lipinski definition) is 5. The van der Waals surface area contributed by atoms with Gasteiger partial charge in [0.05, 0.1) is 24.4 Å². The number of hydrogen-bond donors (Lipinski definition) is 2. The van der Waals surface area contributed by atoms with Gasteiger partial charge in [0, 0.05) is 11.1 Å². The zero-order valence-electron chi connectivity index (χ0n) is 10.9. The van der Waals surface area contributed by atoms with E-state index in [1.54, 1.807) is 0 Å². The van der Waals surface area contributed by atoms with Crippen LogP contribution in [-0.4, -0.2) is 29.2 Å². The summed E-state index contributed by atoms with van der Waals surface area (Å²) in [4.78, 5) is 25.1. The molecule has 104 valence electrons. The van der Waals surface area contributed by atoms with Crippen LogP contribution in [0.4, 0.5) is 5.00 Å². The zero-order valence-corrected chi connectivity index (χ0v) is 11.7. The van der Waals surface area contributed by atoms with Crippen LogP contribution in [0, 0.1) is 0 Å². The number of aryl methyl sites for hydroxylation is 1. The molecule has 20 heavy (non-hydrogen) atoms. The number of fused-ring (bicyclic) bond motifs is 1. The normalized spacial score (nSPS) is 13.1. The number of anilines is 1. The number of esters is 1. The van der Waals surface area contributed by atoms with Gasteiger partial charge >= 0.3 is 5.97 Å². The molecule has 6 nitrogen and oxygen atoms in total. The molecule has 3 rings (SSSR count). The maximum atomic E-state index is 12.0. The summed E-state index contributed by atoms with van der Waals surface area (Å²) in [6, 6.07) is 0. The molecule has 0 bridgehead atoms. The van der Waals surface area contributed by atoms with E-state index in [1.807, 2.05) is 0 Å². The standard InChI is InChI=1S/C13H13N3O3S/c1-19-13(18)10-8-3-2-4-9(8)20-12(10)16-11(17)7-5-14-15-6-7/h5-6H,2-4H2,1H3,(H,14,15)(H,16,17). The van der Waals surface area contributed by atoms with Gasteiger partial charge in [0.2, 0.25) is 0 Å². The minimum Gasteiger partial charge on any atom is -0.465 e. The number of nitrogens with one attached hydrogen (secondary N) is 2. The first-order chi connectivity index (χ1) is 9.70. The Labute approximate surface area is 119 Å². The Morgan fingerprint density at radius 3 is 3.00 bits per heavy atom. The Balaban J connectivity index is 1.93. The van der Waals surface area contributed by atoms with E-state index in [-0.39, 0.29) is 5.91 Å². The van der Waals surface area contributed by atoms with Gasteiger partial charge in [0.15, 0.2) is 0 Å². The number of rotatable bonds is 3. The van der Waals surface area contributed by atoms with Gasteiger partial charge in [-0.3, -0.25) is 9.89 Å². The molecular formula is C13H13N3O3S. The third-order valence-electron chi connectivity index (χ3n) is 3.30. The number of H-pyrrole nitrogens is 1. The van der Waals surface area contributed by atoms with Crippen molar-refractivity contribution in [1.29, 1.82) is 0 Å². The van der Waals surface area contributed by atoms with Crippen LogP contribution in [0.3, 0.4) is 0 Å². The molecule has 0 aliphatic heterocycles. The monoisotopic (exact) mass is 291 g/mol. The van der Waals surface area contributed by atoms with E-state index in [1.165, 1.54) is 30.8 Å². The SMILES string of the molecule is COC(=O)c1c(NC(=O)c2cn[nH]c2)sc2c1CCC2. The molecule has 2 aromatic rings. The van der Waals surface area contributed by atoms with Crippen molar-refractivity contribution >= 4 is 28.2 Å². The molecule has 1 amide bonds. The van der Waals surface area contributed by atoms with E-state index < -0.39 is 5.97 Å². The lowest BCUT2D eigenvalue weighted by Gasteiger charge is -2.05. The molecule has 0 saturated heterocycles. The van der Waals surface area contributed by atoms with Gasteiger partial charge in [0.25, 0.3) is 5.91 Å². The number of aromatic nitrogens is 2. The van der Waals surface area contributed by atoms with Crippen LogP contribution in [-0.2, 0) is 17.6 Å². The van der Waals surface area contributed by atoms with Crippen molar-refractivity contribution in [2.75, 3.05) is 12.4 Å².